The highest BCUT2D eigenvalue weighted by Gasteiger charge is 2.54. The summed E-state index contributed by atoms with van der Waals surface area (Å²) in [4.78, 5) is 39.6. The molecule has 1 aromatic rings. The summed E-state index contributed by atoms with van der Waals surface area (Å²) in [6.45, 7) is 7.73. The molecule has 0 aromatic heterocycles. The van der Waals surface area contributed by atoms with Crippen molar-refractivity contribution in [3.63, 3.8) is 0 Å². The Hall–Kier alpha value is -2.56. The molecule has 0 spiro atoms. The SMILES string of the molecule is CC1(C)OB(CCCC2CN(c3c(N)c(=O)c3=O)CC2(N=[N+]=[N-])C(=O)O)OC1(C)C. The number of rotatable bonds is 7. The molecule has 2 heterocycles. The van der Waals surface area contributed by atoms with Gasteiger partial charge in [0.05, 0.1) is 11.2 Å². The van der Waals surface area contributed by atoms with Gasteiger partial charge in [-0.2, -0.15) is 0 Å². The van der Waals surface area contributed by atoms with Crippen molar-refractivity contribution in [2.24, 2.45) is 11.0 Å². The fraction of sp³-hybridized carbons (Fsp3) is 0.722. The summed E-state index contributed by atoms with van der Waals surface area (Å²) in [5.74, 6) is -1.85. The molecule has 0 amide bonds. The number of nitrogens with zero attached hydrogens (tertiary/aromatic N) is 4. The minimum absolute atomic E-state index is 0.00669. The van der Waals surface area contributed by atoms with Crippen LogP contribution in [-0.4, -0.2) is 48.0 Å². The molecule has 3 rings (SSSR count). The van der Waals surface area contributed by atoms with Crippen LogP contribution in [0.5, 0.6) is 0 Å². The zero-order chi connectivity index (χ0) is 22.5. The second-order valence-electron chi connectivity index (χ2n) is 9.03. The maximum Gasteiger partial charge on any atom is 0.457 e. The first-order valence-corrected chi connectivity index (χ1v) is 9.85. The maximum atomic E-state index is 12.1. The molecule has 11 nitrogen and oxygen atoms in total. The van der Waals surface area contributed by atoms with E-state index in [2.05, 4.69) is 10.0 Å². The van der Waals surface area contributed by atoms with Crippen LogP contribution in [0.15, 0.2) is 14.7 Å². The summed E-state index contributed by atoms with van der Waals surface area (Å²) in [5.41, 5.74) is 10.3. The van der Waals surface area contributed by atoms with E-state index < -0.39 is 46.6 Å². The van der Waals surface area contributed by atoms with E-state index in [1.807, 2.05) is 27.7 Å². The number of anilines is 2. The highest BCUT2D eigenvalue weighted by molar-refractivity contribution is 6.45. The molecule has 2 aliphatic heterocycles. The summed E-state index contributed by atoms with van der Waals surface area (Å²) in [6.07, 6.45) is 1.51. The van der Waals surface area contributed by atoms with E-state index in [4.69, 9.17) is 20.6 Å². The van der Waals surface area contributed by atoms with Crippen LogP contribution >= 0.6 is 0 Å². The zero-order valence-corrected chi connectivity index (χ0v) is 17.5. The first-order chi connectivity index (χ1) is 13.9. The summed E-state index contributed by atoms with van der Waals surface area (Å²) >= 11 is 0. The molecule has 2 saturated heterocycles. The van der Waals surface area contributed by atoms with E-state index in [1.165, 1.54) is 4.90 Å². The van der Waals surface area contributed by atoms with Gasteiger partial charge in [0.25, 0.3) is 10.9 Å². The first kappa shape index (κ1) is 22.1. The predicted octanol–water partition coefficient (Wildman–Crippen LogP) is 1.31. The van der Waals surface area contributed by atoms with E-state index in [-0.39, 0.29) is 24.5 Å². The van der Waals surface area contributed by atoms with Crippen molar-refractivity contribution in [2.75, 3.05) is 23.7 Å². The van der Waals surface area contributed by atoms with Gasteiger partial charge in [-0.25, -0.2) is 0 Å². The summed E-state index contributed by atoms with van der Waals surface area (Å²) in [5, 5.41) is 13.5. The van der Waals surface area contributed by atoms with Crippen LogP contribution in [0.1, 0.15) is 40.5 Å². The second kappa shape index (κ2) is 7.30. The van der Waals surface area contributed by atoms with Crippen molar-refractivity contribution in [3.05, 3.63) is 30.9 Å². The van der Waals surface area contributed by atoms with E-state index in [0.29, 0.717) is 19.2 Å². The third-order valence-electron chi connectivity index (χ3n) is 6.67. The van der Waals surface area contributed by atoms with Crippen LogP contribution < -0.4 is 21.5 Å². The molecule has 2 unspecified atom stereocenters. The number of carbonyl (C=O) groups is 1. The number of hydrogen-bond acceptors (Lipinski definition) is 8. The number of nitrogen functional groups attached to an aromatic ring is 1. The molecule has 1 aromatic carbocycles. The Bertz CT molecular complexity index is 960. The highest BCUT2D eigenvalue weighted by atomic mass is 16.7. The number of carboxylic acids is 1. The minimum Gasteiger partial charge on any atom is -0.481 e. The Kier molecular flexibility index (Phi) is 5.38. The van der Waals surface area contributed by atoms with E-state index in [0.717, 1.165) is 0 Å². The lowest BCUT2D eigenvalue weighted by Crippen LogP contribution is -2.46. The smallest absolute Gasteiger partial charge is 0.457 e. The Morgan fingerprint density at radius 1 is 1.30 bits per heavy atom. The van der Waals surface area contributed by atoms with Gasteiger partial charge < -0.3 is 25.0 Å². The van der Waals surface area contributed by atoms with E-state index in [1.54, 1.807) is 0 Å². The summed E-state index contributed by atoms with van der Waals surface area (Å²) in [6, 6.07) is 0. The quantitative estimate of drug-likeness (QED) is 0.219. The number of azide groups is 1. The van der Waals surface area contributed by atoms with Gasteiger partial charge in [-0.15, -0.1) is 0 Å². The Morgan fingerprint density at radius 3 is 2.40 bits per heavy atom. The summed E-state index contributed by atoms with van der Waals surface area (Å²) < 4.78 is 11.9. The summed E-state index contributed by atoms with van der Waals surface area (Å²) in [7, 11) is -0.421. The molecule has 2 fully saturated rings. The molecule has 0 radical (unpaired) electrons. The van der Waals surface area contributed by atoms with Gasteiger partial charge in [0.1, 0.15) is 11.4 Å². The lowest BCUT2D eigenvalue weighted by molar-refractivity contribution is -0.144. The van der Waals surface area contributed by atoms with Crippen molar-refractivity contribution in [1.29, 1.82) is 0 Å². The Labute approximate surface area is 173 Å². The van der Waals surface area contributed by atoms with Gasteiger partial charge in [-0.3, -0.25) is 14.4 Å². The van der Waals surface area contributed by atoms with Crippen molar-refractivity contribution < 1.29 is 19.2 Å². The predicted molar refractivity (Wildman–Crippen MR) is 111 cm³/mol. The average molecular weight is 419 g/mol. The highest BCUT2D eigenvalue weighted by Crippen LogP contribution is 2.41. The van der Waals surface area contributed by atoms with Gasteiger partial charge in [0.15, 0.2) is 5.54 Å². The van der Waals surface area contributed by atoms with Crippen LogP contribution in [0.4, 0.5) is 11.4 Å². The van der Waals surface area contributed by atoms with Crippen LogP contribution in [-0.2, 0) is 14.1 Å². The lowest BCUT2D eigenvalue weighted by atomic mass is 9.78. The van der Waals surface area contributed by atoms with Crippen molar-refractivity contribution in [1.82, 2.24) is 0 Å². The molecule has 0 saturated carbocycles. The van der Waals surface area contributed by atoms with Crippen LogP contribution in [0.25, 0.3) is 10.4 Å². The molecule has 162 valence electrons. The normalized spacial score (nSPS) is 27.4. The molecule has 2 aliphatic rings. The second-order valence-corrected chi connectivity index (χ2v) is 9.03. The van der Waals surface area contributed by atoms with E-state index >= 15 is 0 Å². The molecular formula is C18H26BN5O6. The standard InChI is InChI=1S/C18H26BN5O6/c1-16(2)17(3,4)30-19(29-16)7-5-6-10-8-24(12-11(20)13(25)14(12)26)9-18(10,15(27)28)22-23-21/h10H,5-9,20H2,1-4H3,(H,27,28). The number of carboxylic acid groups (broad SMARTS) is 1. The maximum absolute atomic E-state index is 12.1. The van der Waals surface area contributed by atoms with Gasteiger partial charge in [0, 0.05) is 23.9 Å². The molecule has 2 atom stereocenters. The molecule has 0 aliphatic carbocycles. The minimum atomic E-state index is -1.75. The molecule has 12 heteroatoms. The molecule has 0 bridgehead atoms. The van der Waals surface area contributed by atoms with Crippen LogP contribution in [0.2, 0.25) is 6.32 Å². The Morgan fingerprint density at radius 2 is 1.90 bits per heavy atom. The third kappa shape index (κ3) is 3.34. The number of nitrogens with two attached hydrogens (primary N) is 1. The topological polar surface area (TPSA) is 168 Å². The number of hydrogen-bond donors (Lipinski definition) is 2. The van der Waals surface area contributed by atoms with Crippen molar-refractivity contribution in [3.8, 4) is 0 Å². The fourth-order valence-corrected chi connectivity index (χ4v) is 4.21. The molecule has 30 heavy (non-hydrogen) atoms. The van der Waals surface area contributed by atoms with Gasteiger partial charge in [-0.1, -0.05) is 11.5 Å². The average Bonchev–Trinajstić information content (AvgIpc) is 3.09. The largest absolute Gasteiger partial charge is 0.481 e. The number of aliphatic carboxylic acids is 1. The monoisotopic (exact) mass is 419 g/mol. The van der Waals surface area contributed by atoms with Crippen molar-refractivity contribution in [2.45, 2.75) is 63.6 Å². The van der Waals surface area contributed by atoms with Gasteiger partial charge in [-0.05, 0) is 46.0 Å². The van der Waals surface area contributed by atoms with Gasteiger partial charge >= 0.3 is 13.1 Å². The lowest BCUT2D eigenvalue weighted by Gasteiger charge is -2.32. The van der Waals surface area contributed by atoms with Crippen LogP contribution in [0.3, 0.4) is 0 Å². The third-order valence-corrected chi connectivity index (χ3v) is 6.67. The van der Waals surface area contributed by atoms with E-state index in [9.17, 15) is 19.5 Å². The zero-order valence-electron chi connectivity index (χ0n) is 17.5. The Balaban J connectivity index is 1.74. The van der Waals surface area contributed by atoms with Crippen molar-refractivity contribution >= 4 is 24.5 Å². The fourth-order valence-electron chi connectivity index (χ4n) is 4.21. The molecular weight excluding hydrogens is 393 g/mol. The first-order valence-electron chi connectivity index (χ1n) is 9.85. The van der Waals surface area contributed by atoms with Crippen LogP contribution in [0, 0.1) is 5.92 Å². The molecule has 3 N–H and O–H groups in total. The van der Waals surface area contributed by atoms with Gasteiger partial charge in [0.2, 0.25) is 0 Å².